The fraction of sp³-hybridized carbons (Fsp3) is 0.105. The Labute approximate surface area is 200 Å². The number of nitrogens with zero attached hydrogens (tertiary/aromatic N) is 4. The zero-order valence-corrected chi connectivity index (χ0v) is 20.3. The number of anilines is 1. The van der Waals surface area contributed by atoms with Crippen molar-refractivity contribution < 1.29 is 25.3 Å². The average Bonchev–Trinajstić information content (AvgIpc) is 3.44. The SMILES string of the molecule is Nn1c(CS(=O)(=O)Nc2ccccc2)nnc1CS(=O)(=O)c1cn[nH]c1S(=O)(=O)c1ccccc1. The van der Waals surface area contributed by atoms with Crippen molar-refractivity contribution in [1.29, 1.82) is 0 Å². The number of hydrogen-bond acceptors (Lipinski definition) is 10. The second-order valence-corrected chi connectivity index (χ2v) is 12.8. The minimum Gasteiger partial charge on any atom is -0.336 e. The van der Waals surface area contributed by atoms with Crippen LogP contribution in [0, 0.1) is 0 Å². The van der Waals surface area contributed by atoms with Crippen LogP contribution in [0.1, 0.15) is 11.6 Å². The molecule has 0 aliphatic rings. The van der Waals surface area contributed by atoms with Gasteiger partial charge in [0, 0.05) is 5.69 Å². The summed E-state index contributed by atoms with van der Waals surface area (Å²) < 4.78 is 80.0. The number of para-hydroxylation sites is 1. The molecule has 2 aromatic heterocycles. The molecule has 0 spiro atoms. The number of hydrogen-bond donors (Lipinski definition) is 3. The zero-order valence-electron chi connectivity index (χ0n) is 17.8. The van der Waals surface area contributed by atoms with Gasteiger partial charge in [0.15, 0.2) is 26.5 Å². The van der Waals surface area contributed by atoms with E-state index in [1.54, 1.807) is 36.4 Å². The average molecular weight is 538 g/mol. The van der Waals surface area contributed by atoms with Gasteiger partial charge in [-0.25, -0.2) is 29.9 Å². The Morgan fingerprint density at radius 2 is 1.40 bits per heavy atom. The molecule has 13 nitrogen and oxygen atoms in total. The molecule has 4 N–H and O–H groups in total. The summed E-state index contributed by atoms with van der Waals surface area (Å²) in [5.74, 6) is 3.84. The topological polar surface area (TPSA) is 200 Å². The predicted molar refractivity (Wildman–Crippen MR) is 124 cm³/mol. The molecule has 0 fully saturated rings. The molecule has 0 saturated heterocycles. The van der Waals surface area contributed by atoms with Crippen LogP contribution in [0.2, 0.25) is 0 Å². The molecule has 0 bridgehead atoms. The van der Waals surface area contributed by atoms with Crippen LogP contribution in [0.5, 0.6) is 0 Å². The van der Waals surface area contributed by atoms with E-state index >= 15 is 0 Å². The van der Waals surface area contributed by atoms with Gasteiger partial charge in [0.2, 0.25) is 19.9 Å². The van der Waals surface area contributed by atoms with Crippen molar-refractivity contribution in [2.45, 2.75) is 26.3 Å². The lowest BCUT2D eigenvalue weighted by Crippen LogP contribution is -2.23. The number of nitrogens with two attached hydrogens (primary N) is 1. The van der Waals surface area contributed by atoms with Crippen LogP contribution in [-0.4, -0.2) is 50.3 Å². The lowest BCUT2D eigenvalue weighted by molar-refractivity contribution is 0.578. The molecule has 0 saturated carbocycles. The van der Waals surface area contributed by atoms with Gasteiger partial charge in [-0.05, 0) is 24.3 Å². The highest BCUT2D eigenvalue weighted by molar-refractivity contribution is 7.94. The number of rotatable bonds is 9. The van der Waals surface area contributed by atoms with Gasteiger partial charge in [0.05, 0.1) is 11.1 Å². The Morgan fingerprint density at radius 1 is 0.829 bits per heavy atom. The van der Waals surface area contributed by atoms with Gasteiger partial charge in [0.25, 0.3) is 0 Å². The Hall–Kier alpha value is -3.76. The molecule has 184 valence electrons. The molecule has 4 aromatic rings. The van der Waals surface area contributed by atoms with Crippen LogP contribution in [0.4, 0.5) is 5.69 Å². The highest BCUT2D eigenvalue weighted by atomic mass is 32.2. The van der Waals surface area contributed by atoms with E-state index in [0.29, 0.717) is 5.69 Å². The molecule has 35 heavy (non-hydrogen) atoms. The van der Waals surface area contributed by atoms with Crippen molar-refractivity contribution in [3.05, 3.63) is 78.5 Å². The summed E-state index contributed by atoms with van der Waals surface area (Å²) in [4.78, 5) is -0.703. The van der Waals surface area contributed by atoms with Crippen LogP contribution in [-0.2, 0) is 41.2 Å². The first-order chi connectivity index (χ1) is 16.5. The van der Waals surface area contributed by atoms with Crippen LogP contribution in [0.3, 0.4) is 0 Å². The number of sulfonamides is 1. The maximum atomic E-state index is 13.1. The third kappa shape index (κ3) is 5.18. The van der Waals surface area contributed by atoms with E-state index in [1.165, 1.54) is 24.3 Å². The maximum absolute atomic E-state index is 13.1. The first-order valence-corrected chi connectivity index (χ1v) is 14.6. The van der Waals surface area contributed by atoms with Gasteiger partial charge >= 0.3 is 0 Å². The van der Waals surface area contributed by atoms with Crippen molar-refractivity contribution >= 4 is 35.4 Å². The molecular formula is C19H19N7O6S3. The minimum absolute atomic E-state index is 0.124. The Bertz CT molecular complexity index is 1660. The number of sulfone groups is 2. The van der Waals surface area contributed by atoms with E-state index in [4.69, 9.17) is 5.84 Å². The van der Waals surface area contributed by atoms with Crippen molar-refractivity contribution in [3.8, 4) is 0 Å². The maximum Gasteiger partial charge on any atom is 0.240 e. The Morgan fingerprint density at radius 3 is 2.03 bits per heavy atom. The van der Waals surface area contributed by atoms with Gasteiger partial charge in [-0.2, -0.15) is 5.10 Å². The van der Waals surface area contributed by atoms with Crippen molar-refractivity contribution in [2.24, 2.45) is 0 Å². The van der Waals surface area contributed by atoms with Crippen molar-refractivity contribution in [3.63, 3.8) is 0 Å². The van der Waals surface area contributed by atoms with Gasteiger partial charge < -0.3 is 5.84 Å². The molecule has 0 amide bonds. The molecule has 0 unspecified atom stereocenters. The molecule has 0 aliphatic heterocycles. The summed E-state index contributed by atoms with van der Waals surface area (Å²) in [7, 11) is -12.5. The first-order valence-electron chi connectivity index (χ1n) is 9.80. The minimum atomic E-state index is -4.33. The molecule has 0 atom stereocenters. The number of benzene rings is 2. The summed E-state index contributed by atoms with van der Waals surface area (Å²) in [6.45, 7) is 0. The Balaban J connectivity index is 1.58. The van der Waals surface area contributed by atoms with Crippen molar-refractivity contribution in [1.82, 2.24) is 25.1 Å². The smallest absolute Gasteiger partial charge is 0.240 e. The lowest BCUT2D eigenvalue weighted by atomic mass is 10.3. The third-order valence-electron chi connectivity index (χ3n) is 4.75. The highest BCUT2D eigenvalue weighted by Gasteiger charge is 2.32. The van der Waals surface area contributed by atoms with Crippen LogP contribution in [0.15, 0.2) is 81.7 Å². The van der Waals surface area contributed by atoms with Gasteiger partial charge in [-0.15, -0.1) is 10.2 Å². The zero-order chi connectivity index (χ0) is 25.3. The number of aromatic amines is 1. The monoisotopic (exact) mass is 537 g/mol. The van der Waals surface area contributed by atoms with Crippen LogP contribution < -0.4 is 10.6 Å². The molecule has 0 radical (unpaired) electrons. The molecule has 16 heteroatoms. The number of nitrogen functional groups attached to an aromatic ring is 1. The number of H-pyrrole nitrogens is 1. The molecule has 4 rings (SSSR count). The number of nitrogens with one attached hydrogen (secondary N) is 2. The summed E-state index contributed by atoms with van der Waals surface area (Å²) in [6.07, 6.45) is 0.873. The lowest BCUT2D eigenvalue weighted by Gasteiger charge is -2.08. The molecule has 2 heterocycles. The normalized spacial score (nSPS) is 12.5. The van der Waals surface area contributed by atoms with E-state index < -0.39 is 51.1 Å². The largest absolute Gasteiger partial charge is 0.336 e. The summed E-state index contributed by atoms with van der Waals surface area (Å²) in [5, 5.41) is 12.6. The summed E-state index contributed by atoms with van der Waals surface area (Å²) in [6, 6.07) is 15.4. The van der Waals surface area contributed by atoms with Gasteiger partial charge in [0.1, 0.15) is 16.4 Å². The van der Waals surface area contributed by atoms with E-state index in [1.807, 2.05) is 0 Å². The molecular weight excluding hydrogens is 518 g/mol. The van der Waals surface area contributed by atoms with E-state index in [9.17, 15) is 25.3 Å². The second kappa shape index (κ2) is 9.12. The quantitative estimate of drug-likeness (QED) is 0.252. The van der Waals surface area contributed by atoms with E-state index in [2.05, 4.69) is 25.1 Å². The van der Waals surface area contributed by atoms with Crippen LogP contribution >= 0.6 is 0 Å². The highest BCUT2D eigenvalue weighted by Crippen LogP contribution is 2.27. The van der Waals surface area contributed by atoms with Crippen LogP contribution in [0.25, 0.3) is 0 Å². The predicted octanol–water partition coefficient (Wildman–Crippen LogP) is 0.464. The molecule has 0 aliphatic carbocycles. The van der Waals surface area contributed by atoms with E-state index in [-0.39, 0.29) is 16.5 Å². The second-order valence-electron chi connectivity index (χ2n) is 7.27. The third-order valence-corrected chi connectivity index (χ3v) is 9.42. The standard InChI is InChI=1S/C19H19N7O6S3/c20-26-17(22-23-18(26)13-34(29,30)25-14-7-3-1-4-8-14)12-33(27,28)16-11-21-24-19(16)35(31,32)15-9-5-2-6-10-15/h1-11,25H,12-13,20H2,(H,21,24). The fourth-order valence-corrected chi connectivity index (χ4v) is 7.38. The fourth-order valence-electron chi connectivity index (χ4n) is 3.09. The van der Waals surface area contributed by atoms with Crippen molar-refractivity contribution in [2.75, 3.05) is 10.6 Å². The number of aromatic nitrogens is 5. The van der Waals surface area contributed by atoms with Gasteiger partial charge in [-0.1, -0.05) is 36.4 Å². The summed E-state index contributed by atoms with van der Waals surface area (Å²) in [5.41, 5.74) is 0.325. The first kappa shape index (κ1) is 24.4. The van der Waals surface area contributed by atoms with E-state index in [0.717, 1.165) is 10.9 Å². The summed E-state index contributed by atoms with van der Waals surface area (Å²) >= 11 is 0. The Kier molecular flexibility index (Phi) is 6.35. The van der Waals surface area contributed by atoms with Gasteiger partial charge in [-0.3, -0.25) is 9.82 Å². The molecule has 2 aromatic carbocycles.